The highest BCUT2D eigenvalue weighted by atomic mass is 35.5. The number of aliphatic hydroxyl groups excluding tert-OH is 1. The minimum atomic E-state index is -0.0966. The quantitative estimate of drug-likeness (QED) is 0.772. The molecule has 0 saturated heterocycles. The van der Waals surface area contributed by atoms with Crippen molar-refractivity contribution in [3.05, 3.63) is 34.9 Å². The van der Waals surface area contributed by atoms with Gasteiger partial charge < -0.3 is 10.4 Å². The molecule has 1 saturated carbocycles. The van der Waals surface area contributed by atoms with E-state index in [1.807, 2.05) is 30.0 Å². The van der Waals surface area contributed by atoms with Gasteiger partial charge >= 0.3 is 0 Å². The maximum Gasteiger partial charge on any atom is 0.0624 e. The number of nitrogens with one attached hydrogen (secondary N) is 1. The summed E-state index contributed by atoms with van der Waals surface area (Å²) in [5, 5.41) is 14.1. The molecule has 2 nitrogen and oxygen atoms in total. The minimum absolute atomic E-state index is 0.0966. The fourth-order valence-electron chi connectivity index (χ4n) is 2.49. The van der Waals surface area contributed by atoms with Gasteiger partial charge in [0.15, 0.2) is 0 Å². The van der Waals surface area contributed by atoms with Crippen molar-refractivity contribution in [3.63, 3.8) is 0 Å². The van der Waals surface area contributed by atoms with Gasteiger partial charge in [0.1, 0.15) is 0 Å². The largest absolute Gasteiger partial charge is 0.394 e. The van der Waals surface area contributed by atoms with Gasteiger partial charge in [-0.1, -0.05) is 36.7 Å². The summed E-state index contributed by atoms with van der Waals surface area (Å²) in [4.78, 5) is 0. The molecule has 2 N–H and O–H groups in total. The molecule has 106 valence electrons. The number of hydrogen-bond acceptors (Lipinski definition) is 3. The van der Waals surface area contributed by atoms with Crippen molar-refractivity contribution in [2.45, 2.75) is 31.1 Å². The van der Waals surface area contributed by atoms with E-state index in [4.69, 9.17) is 11.6 Å². The molecule has 0 aliphatic heterocycles. The van der Waals surface area contributed by atoms with E-state index in [0.29, 0.717) is 5.92 Å². The Bertz CT molecular complexity index is 411. The Hall–Kier alpha value is -0.220. The van der Waals surface area contributed by atoms with Crippen LogP contribution in [-0.2, 0) is 5.75 Å². The molecule has 2 rings (SSSR count). The third-order valence-corrected chi connectivity index (χ3v) is 5.35. The number of halogens is 1. The molecule has 1 fully saturated rings. The smallest absolute Gasteiger partial charge is 0.0624 e. The van der Waals surface area contributed by atoms with Crippen LogP contribution in [0.1, 0.15) is 25.3 Å². The first-order valence-electron chi connectivity index (χ1n) is 6.89. The van der Waals surface area contributed by atoms with E-state index in [0.717, 1.165) is 23.1 Å². The molecule has 1 unspecified atom stereocenters. The Morgan fingerprint density at radius 2 is 2.16 bits per heavy atom. The Balaban J connectivity index is 1.90. The highest BCUT2D eigenvalue weighted by molar-refractivity contribution is 7.98. The number of likely N-dealkylation sites (N-methyl/N-ethyl adjacent to an activating group) is 1. The lowest BCUT2D eigenvalue weighted by atomic mass is 9.97. The maximum atomic E-state index is 9.77. The average Bonchev–Trinajstić information content (AvgIpc) is 3.25. The van der Waals surface area contributed by atoms with E-state index in [9.17, 15) is 5.11 Å². The third kappa shape index (κ3) is 3.88. The van der Waals surface area contributed by atoms with Crippen LogP contribution < -0.4 is 5.32 Å². The van der Waals surface area contributed by atoms with E-state index < -0.39 is 0 Å². The first-order valence-corrected chi connectivity index (χ1v) is 8.42. The van der Waals surface area contributed by atoms with Gasteiger partial charge in [0.2, 0.25) is 0 Å². The van der Waals surface area contributed by atoms with Crippen LogP contribution in [0.25, 0.3) is 0 Å². The molecule has 0 spiro atoms. The van der Waals surface area contributed by atoms with Gasteiger partial charge in [-0.05, 0) is 36.9 Å². The summed E-state index contributed by atoms with van der Waals surface area (Å²) in [7, 11) is 0. The summed E-state index contributed by atoms with van der Waals surface area (Å²) >= 11 is 8.02. The van der Waals surface area contributed by atoms with Crippen molar-refractivity contribution in [2.75, 3.05) is 18.9 Å². The fourth-order valence-corrected chi connectivity index (χ4v) is 4.14. The lowest BCUT2D eigenvalue weighted by molar-refractivity contribution is 0.161. The highest BCUT2D eigenvalue weighted by Crippen LogP contribution is 2.41. The second kappa shape index (κ2) is 6.98. The zero-order valence-electron chi connectivity index (χ0n) is 11.4. The molecule has 0 aromatic heterocycles. The predicted octanol–water partition coefficient (Wildman–Crippen LogP) is 3.32. The molecule has 0 amide bonds. The summed E-state index contributed by atoms with van der Waals surface area (Å²) in [6, 6.07) is 7.98. The van der Waals surface area contributed by atoms with Gasteiger partial charge in [0.05, 0.1) is 12.1 Å². The average molecular weight is 300 g/mol. The van der Waals surface area contributed by atoms with Crippen LogP contribution in [-0.4, -0.2) is 29.5 Å². The molecular formula is C15H22ClNOS. The number of thioether (sulfide) groups is 1. The normalized spacial score (nSPS) is 18.3. The maximum absolute atomic E-state index is 9.77. The van der Waals surface area contributed by atoms with Crippen LogP contribution in [0.15, 0.2) is 24.3 Å². The predicted molar refractivity (Wildman–Crippen MR) is 83.8 cm³/mol. The highest BCUT2D eigenvalue weighted by Gasteiger charge is 2.43. The van der Waals surface area contributed by atoms with Crippen LogP contribution in [0.2, 0.25) is 5.02 Å². The zero-order chi connectivity index (χ0) is 13.7. The van der Waals surface area contributed by atoms with Crippen LogP contribution in [0, 0.1) is 5.92 Å². The molecule has 1 aliphatic carbocycles. The Morgan fingerprint density at radius 1 is 1.42 bits per heavy atom. The topological polar surface area (TPSA) is 32.3 Å². The Kier molecular flexibility index (Phi) is 5.58. The van der Waals surface area contributed by atoms with Gasteiger partial charge in [-0.25, -0.2) is 0 Å². The van der Waals surface area contributed by atoms with Gasteiger partial charge in [-0.2, -0.15) is 11.8 Å². The monoisotopic (exact) mass is 299 g/mol. The first-order chi connectivity index (χ1) is 9.22. The number of hydrogen-bond donors (Lipinski definition) is 2. The van der Waals surface area contributed by atoms with Gasteiger partial charge in [0, 0.05) is 16.5 Å². The van der Waals surface area contributed by atoms with Crippen molar-refractivity contribution in [1.29, 1.82) is 0 Å². The van der Waals surface area contributed by atoms with Crippen LogP contribution in [0.4, 0.5) is 0 Å². The molecule has 4 heteroatoms. The number of rotatable bonds is 8. The first kappa shape index (κ1) is 15.2. The summed E-state index contributed by atoms with van der Waals surface area (Å²) in [6.07, 6.45) is 2.47. The van der Waals surface area contributed by atoms with Gasteiger partial charge in [0.25, 0.3) is 0 Å². The zero-order valence-corrected chi connectivity index (χ0v) is 12.9. The van der Waals surface area contributed by atoms with E-state index in [2.05, 4.69) is 18.3 Å². The van der Waals surface area contributed by atoms with Crippen molar-refractivity contribution < 1.29 is 5.11 Å². The Morgan fingerprint density at radius 3 is 2.74 bits per heavy atom. The molecule has 0 radical (unpaired) electrons. The second-order valence-corrected chi connectivity index (χ2v) is 6.60. The molecule has 1 aromatic rings. The summed E-state index contributed by atoms with van der Waals surface area (Å²) in [5.41, 5.74) is 1.08. The summed E-state index contributed by atoms with van der Waals surface area (Å²) in [6.45, 7) is 3.23. The van der Waals surface area contributed by atoms with E-state index in [1.165, 1.54) is 18.4 Å². The minimum Gasteiger partial charge on any atom is -0.394 e. The van der Waals surface area contributed by atoms with Crippen LogP contribution >= 0.6 is 23.4 Å². The summed E-state index contributed by atoms with van der Waals surface area (Å²) < 4.78 is 0. The third-order valence-electron chi connectivity index (χ3n) is 3.74. The van der Waals surface area contributed by atoms with Crippen LogP contribution in [0.5, 0.6) is 0 Å². The second-order valence-electron chi connectivity index (χ2n) is 5.20. The van der Waals surface area contributed by atoms with Crippen molar-refractivity contribution >= 4 is 23.4 Å². The molecule has 19 heavy (non-hydrogen) atoms. The number of benzene rings is 1. The lowest BCUT2D eigenvalue weighted by Crippen LogP contribution is -2.52. The Labute approximate surface area is 124 Å². The fraction of sp³-hybridized carbons (Fsp3) is 0.600. The summed E-state index contributed by atoms with van der Waals surface area (Å²) in [5.74, 6) is 2.48. The van der Waals surface area contributed by atoms with Crippen molar-refractivity contribution in [3.8, 4) is 0 Å². The van der Waals surface area contributed by atoms with Crippen LogP contribution in [0.3, 0.4) is 0 Å². The molecule has 1 aromatic carbocycles. The molecule has 1 aliphatic rings. The lowest BCUT2D eigenvalue weighted by Gasteiger charge is -2.33. The van der Waals surface area contributed by atoms with Gasteiger partial charge in [-0.3, -0.25) is 0 Å². The van der Waals surface area contributed by atoms with E-state index in [-0.39, 0.29) is 12.1 Å². The molecule has 0 bridgehead atoms. The van der Waals surface area contributed by atoms with E-state index in [1.54, 1.807) is 0 Å². The van der Waals surface area contributed by atoms with Crippen molar-refractivity contribution in [2.24, 2.45) is 5.92 Å². The molecule has 1 atom stereocenters. The van der Waals surface area contributed by atoms with Gasteiger partial charge in [-0.15, -0.1) is 0 Å². The molecular weight excluding hydrogens is 278 g/mol. The standard InChI is InChI=1S/C15H22ClNOS/c1-2-17-15(10-18,13-7-8-13)11-19-9-12-5-3-4-6-14(12)16/h3-6,13,17-18H,2,7-11H2,1H3. The number of aliphatic hydroxyl groups is 1. The SMILES string of the molecule is CCNC(CO)(CSCc1ccccc1Cl)C1CC1. The van der Waals surface area contributed by atoms with E-state index >= 15 is 0 Å². The molecule has 0 heterocycles. The van der Waals surface area contributed by atoms with Crippen molar-refractivity contribution in [1.82, 2.24) is 5.32 Å².